The van der Waals surface area contributed by atoms with E-state index in [1.54, 1.807) is 38.2 Å². The standard InChI is InChI=1S/C18H21ClN6O2S/c1-12-4-5-15(19)10-16(12)28(26,27)22-7-6-21-17-11-18(24-13(2)23-17)25-9-8-20-14(25)3/h4-5,8-11,22H,6-7H2,1-3H3,(H,21,23,24). The molecule has 2 aromatic heterocycles. The molecule has 0 spiro atoms. The van der Waals surface area contributed by atoms with Crippen molar-refractivity contribution in [1.29, 1.82) is 0 Å². The number of aromatic nitrogens is 4. The second-order valence-electron chi connectivity index (χ2n) is 6.24. The minimum Gasteiger partial charge on any atom is -0.369 e. The lowest BCUT2D eigenvalue weighted by Gasteiger charge is -2.12. The van der Waals surface area contributed by atoms with Crippen LogP contribution in [0, 0.1) is 20.8 Å². The molecule has 0 fully saturated rings. The lowest BCUT2D eigenvalue weighted by atomic mass is 10.2. The molecule has 0 saturated heterocycles. The normalized spacial score (nSPS) is 11.6. The lowest BCUT2D eigenvalue weighted by molar-refractivity contribution is 0.582. The van der Waals surface area contributed by atoms with Crippen molar-refractivity contribution in [2.24, 2.45) is 0 Å². The maximum atomic E-state index is 12.5. The van der Waals surface area contributed by atoms with Crippen LogP contribution in [0.1, 0.15) is 17.2 Å². The molecule has 0 radical (unpaired) electrons. The van der Waals surface area contributed by atoms with Gasteiger partial charge < -0.3 is 5.32 Å². The second kappa shape index (κ2) is 8.26. The summed E-state index contributed by atoms with van der Waals surface area (Å²) in [7, 11) is -3.64. The molecule has 0 aliphatic rings. The van der Waals surface area contributed by atoms with Crippen LogP contribution in [0.2, 0.25) is 5.02 Å². The van der Waals surface area contributed by atoms with E-state index in [4.69, 9.17) is 11.6 Å². The van der Waals surface area contributed by atoms with Gasteiger partial charge >= 0.3 is 0 Å². The van der Waals surface area contributed by atoms with Gasteiger partial charge in [-0.3, -0.25) is 4.57 Å². The van der Waals surface area contributed by atoms with Gasteiger partial charge in [-0.2, -0.15) is 0 Å². The predicted molar refractivity (Wildman–Crippen MR) is 108 cm³/mol. The van der Waals surface area contributed by atoms with Crippen LogP contribution in [0.25, 0.3) is 5.82 Å². The number of halogens is 1. The van der Waals surface area contributed by atoms with Crippen LogP contribution in [0.4, 0.5) is 5.82 Å². The Labute approximate surface area is 169 Å². The first-order valence-electron chi connectivity index (χ1n) is 8.62. The van der Waals surface area contributed by atoms with Crippen molar-refractivity contribution in [2.45, 2.75) is 25.7 Å². The van der Waals surface area contributed by atoms with Crippen molar-refractivity contribution in [2.75, 3.05) is 18.4 Å². The highest BCUT2D eigenvalue weighted by Crippen LogP contribution is 2.20. The van der Waals surface area contributed by atoms with E-state index in [0.717, 1.165) is 5.82 Å². The number of benzene rings is 1. The number of aryl methyl sites for hydroxylation is 3. The molecule has 2 N–H and O–H groups in total. The molecule has 0 bridgehead atoms. The van der Waals surface area contributed by atoms with Crippen LogP contribution in [-0.2, 0) is 10.0 Å². The van der Waals surface area contributed by atoms with E-state index >= 15 is 0 Å². The van der Waals surface area contributed by atoms with Crippen LogP contribution >= 0.6 is 11.6 Å². The largest absolute Gasteiger partial charge is 0.369 e. The highest BCUT2D eigenvalue weighted by atomic mass is 35.5. The monoisotopic (exact) mass is 420 g/mol. The molecule has 0 aliphatic heterocycles. The third-order valence-corrected chi connectivity index (χ3v) is 5.90. The Bertz CT molecular complexity index is 1100. The third-order valence-electron chi connectivity index (χ3n) is 4.06. The van der Waals surface area contributed by atoms with Gasteiger partial charge in [-0.05, 0) is 38.5 Å². The van der Waals surface area contributed by atoms with Crippen LogP contribution in [0.15, 0.2) is 41.6 Å². The second-order valence-corrected chi connectivity index (χ2v) is 8.41. The molecule has 8 nitrogen and oxygen atoms in total. The first-order chi connectivity index (χ1) is 13.3. The number of rotatable bonds is 7. The molecule has 0 amide bonds. The number of nitrogens with zero attached hydrogens (tertiary/aromatic N) is 4. The highest BCUT2D eigenvalue weighted by molar-refractivity contribution is 7.89. The number of sulfonamides is 1. The number of hydrogen-bond acceptors (Lipinski definition) is 6. The van der Waals surface area contributed by atoms with Gasteiger partial charge in [0.25, 0.3) is 0 Å². The molecule has 3 rings (SSSR count). The van der Waals surface area contributed by atoms with Crippen LogP contribution in [0.3, 0.4) is 0 Å². The minimum absolute atomic E-state index is 0.177. The van der Waals surface area contributed by atoms with E-state index in [0.29, 0.717) is 34.6 Å². The molecule has 1 aromatic carbocycles. The quantitative estimate of drug-likeness (QED) is 0.570. The van der Waals surface area contributed by atoms with Gasteiger partial charge in [-0.15, -0.1) is 0 Å². The lowest BCUT2D eigenvalue weighted by Crippen LogP contribution is -2.29. The summed E-state index contributed by atoms with van der Waals surface area (Å²) in [6.07, 6.45) is 3.52. The fourth-order valence-electron chi connectivity index (χ4n) is 2.70. The summed E-state index contributed by atoms with van der Waals surface area (Å²) in [6.45, 7) is 5.96. The molecule has 148 valence electrons. The smallest absolute Gasteiger partial charge is 0.240 e. The first kappa shape index (κ1) is 20.2. The summed E-state index contributed by atoms with van der Waals surface area (Å²) in [5.74, 6) is 2.71. The molecule has 10 heteroatoms. The van der Waals surface area contributed by atoms with Gasteiger partial charge in [0.15, 0.2) is 0 Å². The zero-order valence-corrected chi connectivity index (χ0v) is 17.3. The Morgan fingerprint density at radius 1 is 1.11 bits per heavy atom. The molecule has 28 heavy (non-hydrogen) atoms. The summed E-state index contributed by atoms with van der Waals surface area (Å²) in [4.78, 5) is 13.1. The minimum atomic E-state index is -3.64. The summed E-state index contributed by atoms with van der Waals surface area (Å²) in [6, 6.07) is 6.57. The van der Waals surface area contributed by atoms with E-state index < -0.39 is 10.0 Å². The predicted octanol–water partition coefficient (Wildman–Crippen LogP) is 2.63. The van der Waals surface area contributed by atoms with E-state index in [2.05, 4.69) is 25.0 Å². The third kappa shape index (κ3) is 4.67. The number of nitrogens with one attached hydrogen (secondary N) is 2. The molecule has 2 heterocycles. The Morgan fingerprint density at radius 3 is 2.61 bits per heavy atom. The Morgan fingerprint density at radius 2 is 1.89 bits per heavy atom. The van der Waals surface area contributed by atoms with E-state index in [1.165, 1.54) is 6.07 Å². The van der Waals surface area contributed by atoms with Crippen molar-refractivity contribution in [3.05, 3.63) is 58.9 Å². The molecular formula is C18H21ClN6O2S. The van der Waals surface area contributed by atoms with Gasteiger partial charge in [-0.1, -0.05) is 17.7 Å². The zero-order chi connectivity index (χ0) is 20.3. The summed E-state index contributed by atoms with van der Waals surface area (Å²) in [5, 5.41) is 3.50. The van der Waals surface area contributed by atoms with Crippen molar-refractivity contribution in [3.63, 3.8) is 0 Å². The zero-order valence-electron chi connectivity index (χ0n) is 15.8. The Kier molecular flexibility index (Phi) is 5.97. The van der Waals surface area contributed by atoms with Crippen molar-refractivity contribution < 1.29 is 8.42 Å². The maximum absolute atomic E-state index is 12.5. The molecular weight excluding hydrogens is 400 g/mol. The summed E-state index contributed by atoms with van der Waals surface area (Å²) >= 11 is 5.92. The number of hydrogen-bond donors (Lipinski definition) is 2. The molecule has 0 aliphatic carbocycles. The van der Waals surface area contributed by atoms with Crippen LogP contribution in [-0.4, -0.2) is 41.0 Å². The van der Waals surface area contributed by atoms with E-state index in [9.17, 15) is 8.42 Å². The molecule has 0 atom stereocenters. The first-order valence-corrected chi connectivity index (χ1v) is 10.5. The highest BCUT2D eigenvalue weighted by Gasteiger charge is 2.16. The number of anilines is 1. The summed E-state index contributed by atoms with van der Waals surface area (Å²) < 4.78 is 29.4. The van der Waals surface area contributed by atoms with E-state index in [1.807, 2.05) is 17.7 Å². The average Bonchev–Trinajstić information content (AvgIpc) is 3.06. The van der Waals surface area contributed by atoms with Crippen LogP contribution < -0.4 is 10.0 Å². The fourth-order valence-corrected chi connectivity index (χ4v) is 4.24. The fraction of sp³-hybridized carbons (Fsp3) is 0.278. The Balaban J connectivity index is 1.65. The van der Waals surface area contributed by atoms with Crippen molar-refractivity contribution in [3.8, 4) is 5.82 Å². The van der Waals surface area contributed by atoms with Gasteiger partial charge in [-0.25, -0.2) is 28.1 Å². The van der Waals surface area contributed by atoms with Crippen molar-refractivity contribution >= 4 is 27.4 Å². The molecule has 0 unspecified atom stereocenters. The summed E-state index contributed by atoms with van der Waals surface area (Å²) in [5.41, 5.74) is 0.636. The topological polar surface area (TPSA) is 102 Å². The van der Waals surface area contributed by atoms with Gasteiger partial charge in [0.05, 0.1) is 4.90 Å². The van der Waals surface area contributed by atoms with Crippen molar-refractivity contribution in [1.82, 2.24) is 24.2 Å². The van der Waals surface area contributed by atoms with Gasteiger partial charge in [0.1, 0.15) is 23.3 Å². The Hall–Kier alpha value is -2.49. The van der Waals surface area contributed by atoms with Crippen LogP contribution in [0.5, 0.6) is 0 Å². The molecule has 3 aromatic rings. The maximum Gasteiger partial charge on any atom is 0.240 e. The van der Waals surface area contributed by atoms with E-state index in [-0.39, 0.29) is 11.4 Å². The average molecular weight is 421 g/mol. The SMILES string of the molecule is Cc1nc(NCCNS(=O)(=O)c2cc(Cl)ccc2C)cc(-n2ccnc2C)n1. The van der Waals surface area contributed by atoms with Gasteiger partial charge in [0, 0.05) is 36.6 Å². The number of imidazole rings is 1. The van der Waals surface area contributed by atoms with Gasteiger partial charge in [0.2, 0.25) is 10.0 Å². The molecule has 0 saturated carbocycles.